The predicted octanol–water partition coefficient (Wildman–Crippen LogP) is 2.96. The lowest BCUT2D eigenvalue weighted by molar-refractivity contribution is 0.145. The van der Waals surface area contributed by atoms with E-state index in [1.165, 1.54) is 0 Å². The number of guanidine groups is 1. The molecule has 0 atom stereocenters. The molecule has 0 bridgehead atoms. The highest BCUT2D eigenvalue weighted by Crippen LogP contribution is 2.24. The fraction of sp³-hybridized carbons (Fsp3) is 0.476. The minimum atomic E-state index is -0.262. The first-order valence-corrected chi connectivity index (χ1v) is 10.00. The maximum Gasteiger partial charge on any atom is 0.191 e. The molecule has 0 spiro atoms. The molecule has 1 aliphatic rings. The summed E-state index contributed by atoms with van der Waals surface area (Å²) in [6.07, 6.45) is 5.17. The molecular formula is C21H31FIN5O. The summed E-state index contributed by atoms with van der Waals surface area (Å²) < 4.78 is 16.7. The molecule has 1 saturated heterocycles. The van der Waals surface area contributed by atoms with Crippen LogP contribution in [0, 0.1) is 5.82 Å². The first-order valence-electron chi connectivity index (χ1n) is 10.00. The van der Waals surface area contributed by atoms with Crippen molar-refractivity contribution in [2.24, 2.45) is 4.99 Å². The van der Waals surface area contributed by atoms with Gasteiger partial charge < -0.3 is 25.2 Å². The Bertz CT molecular complexity index is 760. The van der Waals surface area contributed by atoms with Gasteiger partial charge >= 0.3 is 0 Å². The molecule has 2 aromatic rings. The van der Waals surface area contributed by atoms with E-state index in [2.05, 4.69) is 20.2 Å². The Balaban J connectivity index is 0.00000300. The molecular weight excluding hydrogens is 484 g/mol. The van der Waals surface area contributed by atoms with Crippen molar-refractivity contribution in [1.29, 1.82) is 0 Å². The van der Waals surface area contributed by atoms with Crippen LogP contribution in [0.2, 0.25) is 0 Å². The van der Waals surface area contributed by atoms with Gasteiger partial charge in [0.15, 0.2) is 5.96 Å². The molecule has 0 radical (unpaired) electrons. The number of aliphatic imine (C=N–C) groups is 1. The van der Waals surface area contributed by atoms with Crippen LogP contribution < -0.4 is 15.5 Å². The Kier molecular flexibility index (Phi) is 9.72. The lowest BCUT2D eigenvalue weighted by atomic mass is 10.1. The number of aliphatic hydroxyl groups excluding tert-OH is 1. The van der Waals surface area contributed by atoms with Gasteiger partial charge in [-0.3, -0.25) is 0 Å². The van der Waals surface area contributed by atoms with E-state index >= 15 is 0 Å². The largest absolute Gasteiger partial charge is 0.393 e. The third-order valence-electron chi connectivity index (χ3n) is 4.91. The maximum atomic E-state index is 14.6. The van der Waals surface area contributed by atoms with Crippen molar-refractivity contribution in [2.45, 2.75) is 39.0 Å². The Morgan fingerprint density at radius 3 is 2.59 bits per heavy atom. The van der Waals surface area contributed by atoms with Crippen LogP contribution in [0.4, 0.5) is 10.1 Å². The summed E-state index contributed by atoms with van der Waals surface area (Å²) in [6.45, 7) is 6.18. The number of halogens is 2. The number of hydrogen-bond donors (Lipinski definition) is 3. The first kappa shape index (κ1) is 23.5. The summed E-state index contributed by atoms with van der Waals surface area (Å²) >= 11 is 0. The zero-order valence-corrected chi connectivity index (χ0v) is 19.2. The van der Waals surface area contributed by atoms with E-state index in [-0.39, 0.29) is 35.9 Å². The van der Waals surface area contributed by atoms with E-state index in [4.69, 9.17) is 0 Å². The van der Waals surface area contributed by atoms with E-state index in [9.17, 15) is 9.50 Å². The highest BCUT2D eigenvalue weighted by molar-refractivity contribution is 14.0. The monoisotopic (exact) mass is 515 g/mol. The van der Waals surface area contributed by atoms with E-state index in [0.29, 0.717) is 38.2 Å². The van der Waals surface area contributed by atoms with Crippen LogP contribution in [-0.2, 0) is 13.1 Å². The highest BCUT2D eigenvalue weighted by Gasteiger charge is 2.19. The topological polar surface area (TPSA) is 64.8 Å². The third kappa shape index (κ3) is 7.18. The summed E-state index contributed by atoms with van der Waals surface area (Å²) in [4.78, 5) is 6.57. The second kappa shape index (κ2) is 12.0. The number of hydrogen-bond acceptors (Lipinski definition) is 3. The second-order valence-corrected chi connectivity index (χ2v) is 7.05. The SMILES string of the molecule is CCNC(=NCc1ccc(N2CCC(O)CC2)c(F)c1)NCCn1cccc1.I. The molecule has 160 valence electrons. The number of piperidine rings is 1. The molecule has 2 heterocycles. The van der Waals surface area contributed by atoms with Crippen LogP contribution in [0.25, 0.3) is 0 Å². The third-order valence-corrected chi connectivity index (χ3v) is 4.91. The van der Waals surface area contributed by atoms with Crippen LogP contribution in [0.3, 0.4) is 0 Å². The van der Waals surface area contributed by atoms with Crippen molar-refractivity contribution in [3.8, 4) is 0 Å². The standard InChI is InChI=1S/C21H30FN5O.HI/c1-2-23-21(24-9-14-26-10-3-4-11-26)25-16-17-5-6-20(19(22)15-17)27-12-7-18(28)8-13-27;/h3-6,10-11,15,18,28H,2,7-9,12-14,16H2,1H3,(H2,23,24,25);1H. The molecule has 3 N–H and O–H groups in total. The smallest absolute Gasteiger partial charge is 0.191 e. The minimum Gasteiger partial charge on any atom is -0.393 e. The Morgan fingerprint density at radius 1 is 1.21 bits per heavy atom. The molecule has 8 heteroatoms. The van der Waals surface area contributed by atoms with Crippen molar-refractivity contribution >= 4 is 35.6 Å². The van der Waals surface area contributed by atoms with Gasteiger partial charge in [0, 0.05) is 45.1 Å². The average Bonchev–Trinajstić information content (AvgIpc) is 3.20. The normalized spacial score (nSPS) is 15.1. The number of nitrogens with zero attached hydrogens (tertiary/aromatic N) is 3. The van der Waals surface area contributed by atoms with Gasteiger partial charge in [-0.05, 0) is 49.6 Å². The number of rotatable bonds is 7. The van der Waals surface area contributed by atoms with Crippen molar-refractivity contribution in [2.75, 3.05) is 31.1 Å². The van der Waals surface area contributed by atoms with Gasteiger partial charge in [0.1, 0.15) is 5.82 Å². The minimum absolute atomic E-state index is 0. The van der Waals surface area contributed by atoms with Gasteiger partial charge in [0.05, 0.1) is 18.3 Å². The van der Waals surface area contributed by atoms with E-state index in [1.54, 1.807) is 6.07 Å². The summed E-state index contributed by atoms with van der Waals surface area (Å²) in [5.41, 5.74) is 1.44. The van der Waals surface area contributed by atoms with Crippen molar-refractivity contribution in [3.05, 3.63) is 54.1 Å². The number of nitrogens with one attached hydrogen (secondary N) is 2. The van der Waals surface area contributed by atoms with Gasteiger partial charge in [-0.25, -0.2) is 9.38 Å². The molecule has 0 aliphatic carbocycles. The summed E-state index contributed by atoms with van der Waals surface area (Å²) in [5, 5.41) is 16.1. The lowest BCUT2D eigenvalue weighted by Gasteiger charge is -2.31. The maximum absolute atomic E-state index is 14.6. The first-order chi connectivity index (χ1) is 13.7. The zero-order chi connectivity index (χ0) is 19.8. The summed E-state index contributed by atoms with van der Waals surface area (Å²) in [7, 11) is 0. The lowest BCUT2D eigenvalue weighted by Crippen LogP contribution is -2.38. The molecule has 6 nitrogen and oxygen atoms in total. The fourth-order valence-corrected chi connectivity index (χ4v) is 3.35. The molecule has 1 fully saturated rings. The Morgan fingerprint density at radius 2 is 1.93 bits per heavy atom. The second-order valence-electron chi connectivity index (χ2n) is 7.05. The predicted molar refractivity (Wildman–Crippen MR) is 127 cm³/mol. The molecule has 1 aromatic carbocycles. The Labute approximate surface area is 189 Å². The van der Waals surface area contributed by atoms with Gasteiger partial charge in [-0.2, -0.15) is 0 Å². The summed E-state index contributed by atoms with van der Waals surface area (Å²) in [5.74, 6) is 0.499. The summed E-state index contributed by atoms with van der Waals surface area (Å²) in [6, 6.07) is 9.32. The molecule has 0 unspecified atom stereocenters. The number of benzene rings is 1. The number of anilines is 1. The van der Waals surface area contributed by atoms with Crippen LogP contribution in [0.1, 0.15) is 25.3 Å². The number of aromatic nitrogens is 1. The van der Waals surface area contributed by atoms with Crippen LogP contribution >= 0.6 is 24.0 Å². The van der Waals surface area contributed by atoms with Gasteiger partial charge in [0.2, 0.25) is 0 Å². The van der Waals surface area contributed by atoms with Gasteiger partial charge in [-0.1, -0.05) is 6.07 Å². The van der Waals surface area contributed by atoms with E-state index < -0.39 is 0 Å². The molecule has 29 heavy (non-hydrogen) atoms. The van der Waals surface area contributed by atoms with E-state index in [1.807, 2.05) is 48.5 Å². The van der Waals surface area contributed by atoms with E-state index in [0.717, 1.165) is 31.2 Å². The molecule has 1 aliphatic heterocycles. The van der Waals surface area contributed by atoms with Crippen LogP contribution in [-0.4, -0.2) is 47.9 Å². The molecule has 1 aromatic heterocycles. The molecule has 0 amide bonds. The van der Waals surface area contributed by atoms with Crippen LogP contribution in [0.15, 0.2) is 47.7 Å². The average molecular weight is 515 g/mol. The Hall–Kier alpha value is -1.81. The number of aliphatic hydroxyl groups is 1. The van der Waals surface area contributed by atoms with Gasteiger partial charge in [-0.15, -0.1) is 24.0 Å². The van der Waals surface area contributed by atoms with Crippen molar-refractivity contribution < 1.29 is 9.50 Å². The molecule has 3 rings (SSSR count). The fourth-order valence-electron chi connectivity index (χ4n) is 3.35. The highest BCUT2D eigenvalue weighted by atomic mass is 127. The molecule has 0 saturated carbocycles. The zero-order valence-electron chi connectivity index (χ0n) is 16.9. The van der Waals surface area contributed by atoms with Crippen molar-refractivity contribution in [3.63, 3.8) is 0 Å². The van der Waals surface area contributed by atoms with Crippen molar-refractivity contribution in [1.82, 2.24) is 15.2 Å². The quantitative estimate of drug-likeness (QED) is 0.302. The van der Waals surface area contributed by atoms with Gasteiger partial charge in [0.25, 0.3) is 0 Å². The van der Waals surface area contributed by atoms with Crippen LogP contribution in [0.5, 0.6) is 0 Å².